The van der Waals surface area contributed by atoms with Gasteiger partial charge >= 0.3 is 5.97 Å². The fourth-order valence-corrected chi connectivity index (χ4v) is 3.04. The Kier molecular flexibility index (Phi) is 3.80. The molecule has 3 rings (SSSR count). The number of methoxy groups -OCH3 is 1. The first kappa shape index (κ1) is 15.5. The quantitative estimate of drug-likeness (QED) is 0.876. The van der Waals surface area contributed by atoms with Crippen molar-refractivity contribution in [3.63, 3.8) is 0 Å². The van der Waals surface area contributed by atoms with Crippen LogP contribution in [0.3, 0.4) is 0 Å². The number of ether oxygens (including phenoxy) is 3. The van der Waals surface area contributed by atoms with Crippen molar-refractivity contribution in [1.29, 1.82) is 5.26 Å². The maximum Gasteiger partial charge on any atom is 0.305 e. The number of rotatable bonds is 3. The molecule has 120 valence electrons. The summed E-state index contributed by atoms with van der Waals surface area (Å²) >= 11 is 0. The summed E-state index contributed by atoms with van der Waals surface area (Å²) in [6.45, 7) is 1.48. The van der Waals surface area contributed by atoms with Gasteiger partial charge in [-0.1, -0.05) is 0 Å². The van der Waals surface area contributed by atoms with E-state index in [2.05, 4.69) is 11.1 Å². The van der Waals surface area contributed by atoms with E-state index in [1.54, 1.807) is 0 Å². The zero-order chi connectivity index (χ0) is 16.6. The number of aromatic amines is 1. The van der Waals surface area contributed by atoms with E-state index in [9.17, 15) is 14.4 Å². The average Bonchev–Trinajstić information content (AvgIpc) is 2.90. The fourth-order valence-electron chi connectivity index (χ4n) is 3.04. The number of esters is 1. The molecule has 6 nitrogen and oxygen atoms in total. The number of nitrogens with one attached hydrogen (secondary N) is 1. The topological polar surface area (TPSA) is 84.3 Å². The van der Waals surface area contributed by atoms with Gasteiger partial charge in [-0.2, -0.15) is 5.26 Å². The number of nitrogens with zero attached hydrogens (tertiary/aromatic N) is 1. The molecule has 0 bridgehead atoms. The Hall–Kier alpha value is -2.43. The summed E-state index contributed by atoms with van der Waals surface area (Å²) in [5, 5.41) is 9.80. The molecule has 1 aromatic heterocycles. The minimum atomic E-state index is -1.47. The van der Waals surface area contributed by atoms with E-state index >= 15 is 0 Å². The second-order valence-corrected chi connectivity index (χ2v) is 5.31. The molecule has 2 aromatic rings. The van der Waals surface area contributed by atoms with Crippen LogP contribution in [0.2, 0.25) is 0 Å². The highest BCUT2D eigenvalue weighted by Crippen LogP contribution is 2.40. The fraction of sp³-hybridized carbons (Fsp3) is 0.375. The summed E-state index contributed by atoms with van der Waals surface area (Å²) in [5.41, 5.74) is 1.68. The first-order chi connectivity index (χ1) is 11.0. The van der Waals surface area contributed by atoms with Crippen molar-refractivity contribution >= 4 is 16.9 Å². The molecule has 0 spiro atoms. The number of carbonyl (C=O) groups excluding carboxylic acids is 1. The predicted octanol–water partition coefficient (Wildman–Crippen LogP) is 2.11. The van der Waals surface area contributed by atoms with Crippen LogP contribution in [-0.4, -0.2) is 31.3 Å². The van der Waals surface area contributed by atoms with Gasteiger partial charge in [0, 0.05) is 19.4 Å². The molecule has 0 saturated carbocycles. The molecule has 1 aromatic carbocycles. The van der Waals surface area contributed by atoms with Crippen molar-refractivity contribution in [2.24, 2.45) is 0 Å². The number of nitriles is 1. The SMILES string of the molecule is COCC1(OC(C)=O)OCCc2c1[nH]c1c(F)ccc(C#N)c21. The van der Waals surface area contributed by atoms with Crippen LogP contribution in [0, 0.1) is 17.1 Å². The van der Waals surface area contributed by atoms with E-state index in [0.29, 0.717) is 28.6 Å². The number of hydrogen-bond donors (Lipinski definition) is 1. The van der Waals surface area contributed by atoms with Crippen molar-refractivity contribution in [3.8, 4) is 6.07 Å². The number of aromatic nitrogens is 1. The van der Waals surface area contributed by atoms with Crippen LogP contribution in [0.25, 0.3) is 10.9 Å². The summed E-state index contributed by atoms with van der Waals surface area (Å²) in [6.07, 6.45) is 0.472. The molecule has 0 amide bonds. The molecule has 0 radical (unpaired) electrons. The number of benzene rings is 1. The Morgan fingerprint density at radius 3 is 3.00 bits per heavy atom. The van der Waals surface area contributed by atoms with Gasteiger partial charge in [-0.3, -0.25) is 4.79 Å². The van der Waals surface area contributed by atoms with Gasteiger partial charge in [0.1, 0.15) is 12.4 Å². The smallest absolute Gasteiger partial charge is 0.305 e. The Labute approximate surface area is 131 Å². The minimum absolute atomic E-state index is 0.0457. The van der Waals surface area contributed by atoms with Crippen LogP contribution < -0.4 is 0 Å². The molecule has 0 fully saturated rings. The molecule has 2 heterocycles. The lowest BCUT2D eigenvalue weighted by molar-refractivity contribution is -0.262. The summed E-state index contributed by atoms with van der Waals surface area (Å²) in [4.78, 5) is 14.4. The summed E-state index contributed by atoms with van der Waals surface area (Å²) < 4.78 is 30.4. The third kappa shape index (κ3) is 2.36. The van der Waals surface area contributed by atoms with Crippen LogP contribution in [0.15, 0.2) is 12.1 Å². The van der Waals surface area contributed by atoms with Gasteiger partial charge < -0.3 is 19.2 Å². The summed E-state index contributed by atoms with van der Waals surface area (Å²) in [7, 11) is 1.45. The first-order valence-electron chi connectivity index (χ1n) is 7.08. The van der Waals surface area contributed by atoms with Gasteiger partial charge in [0.05, 0.1) is 29.5 Å². The lowest BCUT2D eigenvalue weighted by Gasteiger charge is -2.35. The van der Waals surface area contributed by atoms with Crippen molar-refractivity contribution in [2.75, 3.05) is 20.3 Å². The van der Waals surface area contributed by atoms with Crippen molar-refractivity contribution in [3.05, 3.63) is 34.8 Å². The maximum atomic E-state index is 14.2. The lowest BCUT2D eigenvalue weighted by Crippen LogP contribution is -2.43. The van der Waals surface area contributed by atoms with E-state index in [4.69, 9.17) is 14.2 Å². The standard InChI is InChI=1S/C16H15FN2O4/c1-9(20)23-16(8-21-2)15-11(5-6-22-16)13-10(7-18)3-4-12(17)14(13)19-15/h3-4,19H,5-6,8H2,1-2H3. The van der Waals surface area contributed by atoms with E-state index in [1.807, 2.05) is 0 Å². The highest BCUT2D eigenvalue weighted by molar-refractivity contribution is 5.91. The third-order valence-electron chi connectivity index (χ3n) is 3.84. The normalized spacial score (nSPS) is 20.1. The molecule has 0 aliphatic carbocycles. The Morgan fingerprint density at radius 1 is 1.57 bits per heavy atom. The van der Waals surface area contributed by atoms with Gasteiger partial charge in [0.15, 0.2) is 0 Å². The van der Waals surface area contributed by atoms with Gasteiger partial charge in [0.25, 0.3) is 5.79 Å². The van der Waals surface area contributed by atoms with Gasteiger partial charge in [-0.25, -0.2) is 4.39 Å². The number of fused-ring (bicyclic) bond motifs is 3. The number of carbonyl (C=O) groups is 1. The molecular formula is C16H15FN2O4. The minimum Gasteiger partial charge on any atom is -0.424 e. The van der Waals surface area contributed by atoms with E-state index < -0.39 is 17.6 Å². The maximum absolute atomic E-state index is 14.2. The zero-order valence-corrected chi connectivity index (χ0v) is 12.7. The molecular weight excluding hydrogens is 303 g/mol. The number of H-pyrrole nitrogens is 1. The summed E-state index contributed by atoms with van der Waals surface area (Å²) in [5.74, 6) is -2.50. The Morgan fingerprint density at radius 2 is 2.35 bits per heavy atom. The molecule has 1 aliphatic heterocycles. The zero-order valence-electron chi connectivity index (χ0n) is 12.7. The Bertz CT molecular complexity index is 824. The van der Waals surface area contributed by atoms with Crippen LogP contribution in [0.4, 0.5) is 4.39 Å². The van der Waals surface area contributed by atoms with Crippen LogP contribution in [0.1, 0.15) is 23.7 Å². The third-order valence-corrected chi connectivity index (χ3v) is 3.84. The molecule has 1 N–H and O–H groups in total. The highest BCUT2D eigenvalue weighted by atomic mass is 19.1. The highest BCUT2D eigenvalue weighted by Gasteiger charge is 2.44. The summed E-state index contributed by atoms with van der Waals surface area (Å²) in [6, 6.07) is 4.73. The molecule has 0 saturated heterocycles. The molecule has 1 aliphatic rings. The molecule has 1 atom stereocenters. The van der Waals surface area contributed by atoms with E-state index in [0.717, 1.165) is 0 Å². The average molecular weight is 318 g/mol. The number of halogens is 1. The first-order valence-corrected chi connectivity index (χ1v) is 7.08. The lowest BCUT2D eigenvalue weighted by atomic mass is 9.97. The van der Waals surface area contributed by atoms with E-state index in [1.165, 1.54) is 26.2 Å². The van der Waals surface area contributed by atoms with Crippen molar-refractivity contribution in [2.45, 2.75) is 19.1 Å². The largest absolute Gasteiger partial charge is 0.424 e. The van der Waals surface area contributed by atoms with Gasteiger partial charge in [0.2, 0.25) is 0 Å². The van der Waals surface area contributed by atoms with Crippen LogP contribution >= 0.6 is 0 Å². The van der Waals surface area contributed by atoms with E-state index in [-0.39, 0.29) is 18.7 Å². The molecule has 23 heavy (non-hydrogen) atoms. The van der Waals surface area contributed by atoms with Crippen LogP contribution in [0.5, 0.6) is 0 Å². The van der Waals surface area contributed by atoms with Crippen LogP contribution in [-0.2, 0) is 31.2 Å². The second-order valence-electron chi connectivity index (χ2n) is 5.31. The second kappa shape index (κ2) is 5.65. The number of hydrogen-bond acceptors (Lipinski definition) is 5. The van der Waals surface area contributed by atoms with Crippen molar-refractivity contribution in [1.82, 2.24) is 4.98 Å². The predicted molar refractivity (Wildman–Crippen MR) is 77.9 cm³/mol. The molecule has 7 heteroatoms. The van der Waals surface area contributed by atoms with Gasteiger partial charge in [-0.05, 0) is 24.1 Å². The monoisotopic (exact) mass is 318 g/mol. The Balaban J connectivity index is 2.30. The molecule has 1 unspecified atom stereocenters. The van der Waals surface area contributed by atoms with Gasteiger partial charge in [-0.15, -0.1) is 0 Å². The van der Waals surface area contributed by atoms with Crippen molar-refractivity contribution < 1.29 is 23.4 Å².